The second-order valence-corrected chi connectivity index (χ2v) is 4.93. The number of nitrogens with zero attached hydrogens (tertiary/aromatic N) is 1. The lowest BCUT2D eigenvalue weighted by Crippen LogP contribution is -2.42. The number of hydrogen-bond donors (Lipinski definition) is 0. The average Bonchev–Trinajstić information content (AvgIpc) is 2.25. The minimum Gasteiger partial charge on any atom is -0.429 e. The van der Waals surface area contributed by atoms with Crippen molar-refractivity contribution in [2.45, 2.75) is 26.1 Å². The van der Waals surface area contributed by atoms with Gasteiger partial charge in [-0.25, -0.2) is 4.79 Å². The Labute approximate surface area is 111 Å². The third-order valence-electron chi connectivity index (χ3n) is 2.72. The topological polar surface area (TPSA) is 38.8 Å². The molecule has 98 valence electrons. The van der Waals surface area contributed by atoms with Crippen LogP contribution in [0.4, 0.5) is 10.5 Å². The van der Waals surface area contributed by atoms with E-state index in [2.05, 4.69) is 4.90 Å². The third-order valence-corrected chi connectivity index (χ3v) is 2.96. The number of rotatable bonds is 1. The Morgan fingerprint density at radius 1 is 1.22 bits per heavy atom. The Morgan fingerprint density at radius 2 is 1.83 bits per heavy atom. The molecule has 4 nitrogen and oxygen atoms in total. The quantitative estimate of drug-likeness (QED) is 0.735. The largest absolute Gasteiger partial charge is 0.508 e. The van der Waals surface area contributed by atoms with E-state index in [9.17, 15) is 4.79 Å². The molecule has 1 aliphatic rings. The van der Waals surface area contributed by atoms with Crippen LogP contribution in [0, 0.1) is 0 Å². The number of ether oxygens (including phenoxy) is 2. The second-order valence-electron chi connectivity index (χ2n) is 4.49. The monoisotopic (exact) mass is 269 g/mol. The number of anilines is 1. The predicted octanol–water partition coefficient (Wildman–Crippen LogP) is 3.09. The van der Waals surface area contributed by atoms with Gasteiger partial charge < -0.3 is 14.4 Å². The highest BCUT2D eigenvalue weighted by atomic mass is 35.5. The summed E-state index contributed by atoms with van der Waals surface area (Å²) in [6.45, 7) is 4.93. The van der Waals surface area contributed by atoms with Crippen molar-refractivity contribution in [3.05, 3.63) is 29.3 Å². The van der Waals surface area contributed by atoms with Gasteiger partial charge in [-0.1, -0.05) is 17.7 Å². The van der Waals surface area contributed by atoms with Gasteiger partial charge in [0.2, 0.25) is 0 Å². The van der Waals surface area contributed by atoms with E-state index in [1.165, 1.54) is 0 Å². The summed E-state index contributed by atoms with van der Waals surface area (Å²) in [7, 11) is 0. The Bertz CT molecular complexity index is 422. The van der Waals surface area contributed by atoms with E-state index in [4.69, 9.17) is 21.1 Å². The number of cyclic esters (lactones) is 2. The molecule has 0 bridgehead atoms. The molecule has 18 heavy (non-hydrogen) atoms. The average molecular weight is 270 g/mol. The van der Waals surface area contributed by atoms with Gasteiger partial charge in [0.25, 0.3) is 0 Å². The highest BCUT2D eigenvalue weighted by molar-refractivity contribution is 6.30. The summed E-state index contributed by atoms with van der Waals surface area (Å²) in [5.41, 5.74) is 1.00. The van der Waals surface area contributed by atoms with Crippen molar-refractivity contribution < 1.29 is 14.3 Å². The van der Waals surface area contributed by atoms with Gasteiger partial charge in [0.15, 0.2) is 0 Å². The molecule has 1 saturated heterocycles. The normalized spacial score (nSPS) is 24.8. The Morgan fingerprint density at radius 3 is 2.39 bits per heavy atom. The first-order valence-corrected chi connectivity index (χ1v) is 6.30. The number of hydrogen-bond acceptors (Lipinski definition) is 4. The first-order valence-electron chi connectivity index (χ1n) is 5.92. The van der Waals surface area contributed by atoms with E-state index in [0.29, 0.717) is 18.1 Å². The van der Waals surface area contributed by atoms with Crippen LogP contribution in [0.5, 0.6) is 0 Å². The number of halogens is 1. The van der Waals surface area contributed by atoms with Crippen LogP contribution in [0.1, 0.15) is 13.8 Å². The minimum absolute atomic E-state index is 0.219. The SMILES string of the molecule is C[C@@H]1CN(c2cccc(Cl)c2)C[C@@H](C)OC(=O)O1. The first kappa shape index (κ1) is 13.0. The van der Waals surface area contributed by atoms with Crippen molar-refractivity contribution in [3.63, 3.8) is 0 Å². The van der Waals surface area contributed by atoms with Gasteiger partial charge in [-0.15, -0.1) is 0 Å². The first-order chi connectivity index (χ1) is 8.54. The molecule has 1 aliphatic heterocycles. The van der Waals surface area contributed by atoms with Crippen LogP contribution in [0.25, 0.3) is 0 Å². The van der Waals surface area contributed by atoms with Crippen LogP contribution in [-0.4, -0.2) is 31.5 Å². The van der Waals surface area contributed by atoms with Crippen molar-refractivity contribution in [1.82, 2.24) is 0 Å². The summed E-state index contributed by atoms with van der Waals surface area (Å²) in [5, 5.41) is 0.688. The smallest absolute Gasteiger partial charge is 0.429 e. The Balaban J connectivity index is 2.18. The molecular formula is C13H16ClNO3. The van der Waals surface area contributed by atoms with Crippen molar-refractivity contribution >= 4 is 23.4 Å². The van der Waals surface area contributed by atoms with E-state index in [1.54, 1.807) is 0 Å². The van der Waals surface area contributed by atoms with Crippen molar-refractivity contribution in [3.8, 4) is 0 Å². The molecular weight excluding hydrogens is 254 g/mol. The maximum Gasteiger partial charge on any atom is 0.508 e. The summed E-state index contributed by atoms with van der Waals surface area (Å²) >= 11 is 5.99. The molecule has 1 heterocycles. The van der Waals surface area contributed by atoms with Gasteiger partial charge in [0, 0.05) is 10.7 Å². The van der Waals surface area contributed by atoms with E-state index in [-0.39, 0.29) is 12.2 Å². The number of carbonyl (C=O) groups excluding carboxylic acids is 1. The third kappa shape index (κ3) is 3.29. The molecule has 1 aromatic rings. The van der Waals surface area contributed by atoms with Crippen LogP contribution >= 0.6 is 11.6 Å². The Hall–Kier alpha value is -1.42. The lowest BCUT2D eigenvalue weighted by Gasteiger charge is -2.32. The molecule has 2 rings (SSSR count). The van der Waals surface area contributed by atoms with Gasteiger partial charge in [-0.3, -0.25) is 0 Å². The van der Waals surface area contributed by atoms with Crippen LogP contribution in [0.2, 0.25) is 5.02 Å². The standard InChI is InChI=1S/C13H16ClNO3/c1-9-7-15(8-10(2)18-13(16)17-9)12-5-3-4-11(14)6-12/h3-6,9-10H,7-8H2,1-2H3/t9-,10-/m1/s1. The fraction of sp³-hybridized carbons (Fsp3) is 0.462. The summed E-state index contributed by atoms with van der Waals surface area (Å²) < 4.78 is 10.2. The maximum absolute atomic E-state index is 11.3. The summed E-state index contributed by atoms with van der Waals surface area (Å²) in [6.07, 6.45) is -1.03. The molecule has 0 saturated carbocycles. The molecule has 1 fully saturated rings. The molecule has 0 aromatic heterocycles. The molecule has 0 N–H and O–H groups in total. The zero-order chi connectivity index (χ0) is 13.1. The lowest BCUT2D eigenvalue weighted by molar-refractivity contribution is 0.00130. The van der Waals surface area contributed by atoms with Crippen LogP contribution in [-0.2, 0) is 9.47 Å². The Kier molecular flexibility index (Phi) is 3.97. The minimum atomic E-state index is -0.597. The highest BCUT2D eigenvalue weighted by Crippen LogP contribution is 2.21. The summed E-state index contributed by atoms with van der Waals surface area (Å²) in [6, 6.07) is 7.61. The van der Waals surface area contributed by atoms with Gasteiger partial charge in [-0.05, 0) is 32.0 Å². The predicted molar refractivity (Wildman–Crippen MR) is 70.2 cm³/mol. The maximum atomic E-state index is 11.3. The fourth-order valence-corrected chi connectivity index (χ4v) is 2.19. The summed E-state index contributed by atoms with van der Waals surface area (Å²) in [5.74, 6) is 0. The van der Waals surface area contributed by atoms with Gasteiger partial charge in [-0.2, -0.15) is 0 Å². The fourth-order valence-electron chi connectivity index (χ4n) is 2.01. The zero-order valence-corrected chi connectivity index (χ0v) is 11.2. The molecule has 5 heteroatoms. The van der Waals surface area contributed by atoms with Crippen LogP contribution in [0.3, 0.4) is 0 Å². The molecule has 0 unspecified atom stereocenters. The number of carbonyl (C=O) groups is 1. The van der Waals surface area contributed by atoms with Gasteiger partial charge in [0.1, 0.15) is 12.2 Å². The molecule has 0 spiro atoms. The molecule has 0 amide bonds. The lowest BCUT2D eigenvalue weighted by atomic mass is 10.2. The van der Waals surface area contributed by atoms with Crippen molar-refractivity contribution in [2.24, 2.45) is 0 Å². The summed E-state index contributed by atoms with van der Waals surface area (Å²) in [4.78, 5) is 13.4. The van der Waals surface area contributed by atoms with Crippen LogP contribution in [0.15, 0.2) is 24.3 Å². The van der Waals surface area contributed by atoms with Gasteiger partial charge >= 0.3 is 6.16 Å². The number of benzene rings is 1. The zero-order valence-electron chi connectivity index (χ0n) is 10.4. The molecule has 1 aromatic carbocycles. The second kappa shape index (κ2) is 5.48. The van der Waals surface area contributed by atoms with E-state index < -0.39 is 6.16 Å². The van der Waals surface area contributed by atoms with Crippen LogP contribution < -0.4 is 4.90 Å². The van der Waals surface area contributed by atoms with E-state index >= 15 is 0 Å². The molecule has 0 aliphatic carbocycles. The van der Waals surface area contributed by atoms with Crippen molar-refractivity contribution in [2.75, 3.05) is 18.0 Å². The molecule has 2 atom stereocenters. The van der Waals surface area contributed by atoms with E-state index in [0.717, 1.165) is 5.69 Å². The highest BCUT2D eigenvalue weighted by Gasteiger charge is 2.23. The van der Waals surface area contributed by atoms with Gasteiger partial charge in [0.05, 0.1) is 13.1 Å². The van der Waals surface area contributed by atoms with Crippen molar-refractivity contribution in [1.29, 1.82) is 0 Å². The van der Waals surface area contributed by atoms with E-state index in [1.807, 2.05) is 38.1 Å². The molecule has 0 radical (unpaired) electrons.